The van der Waals surface area contributed by atoms with Crippen LogP contribution in [0.5, 0.6) is 5.75 Å². The summed E-state index contributed by atoms with van der Waals surface area (Å²) in [5.74, 6) is -0.188. The van der Waals surface area contributed by atoms with Crippen LogP contribution >= 0.6 is 0 Å². The first-order chi connectivity index (χ1) is 17.9. The number of ether oxygens (including phenoxy) is 1. The number of amides is 2. The first kappa shape index (κ1) is 23.9. The summed E-state index contributed by atoms with van der Waals surface area (Å²) in [5.41, 5.74) is 2.05. The summed E-state index contributed by atoms with van der Waals surface area (Å²) in [4.78, 5) is 54.3. The minimum atomic E-state index is -0.707. The Hall–Kier alpha value is -4.80. The number of H-pyrrole nitrogens is 2. The monoisotopic (exact) mass is 499 g/mol. The molecule has 37 heavy (non-hydrogen) atoms. The molecule has 5 rings (SSSR count). The molecule has 1 aliphatic heterocycles. The maximum Gasteiger partial charge on any atom is 0.295 e. The molecule has 0 radical (unpaired) electrons. The number of aromatic nitrogens is 5. The fourth-order valence-corrected chi connectivity index (χ4v) is 4.36. The van der Waals surface area contributed by atoms with Crippen LogP contribution in [0.3, 0.4) is 0 Å². The zero-order valence-electron chi connectivity index (χ0n) is 20.4. The van der Waals surface area contributed by atoms with Gasteiger partial charge in [0, 0.05) is 37.0 Å². The molecular weight excluding hydrogens is 474 g/mol. The van der Waals surface area contributed by atoms with Crippen molar-refractivity contribution in [2.45, 2.75) is 13.3 Å². The number of pyridine rings is 1. The van der Waals surface area contributed by atoms with Crippen molar-refractivity contribution in [1.82, 2.24) is 34.9 Å². The molecule has 2 N–H and O–H groups in total. The Morgan fingerprint density at radius 3 is 2.62 bits per heavy atom. The average molecular weight is 500 g/mol. The second-order valence-electron chi connectivity index (χ2n) is 8.53. The summed E-state index contributed by atoms with van der Waals surface area (Å²) in [6.07, 6.45) is 3.62. The molecule has 0 bridgehead atoms. The van der Waals surface area contributed by atoms with Crippen molar-refractivity contribution < 1.29 is 19.1 Å². The Kier molecular flexibility index (Phi) is 6.26. The topological polar surface area (TPSA) is 137 Å². The summed E-state index contributed by atoms with van der Waals surface area (Å²) in [7, 11) is 1.47. The van der Waals surface area contributed by atoms with Gasteiger partial charge in [0.2, 0.25) is 5.82 Å². The molecule has 188 valence electrons. The van der Waals surface area contributed by atoms with E-state index in [1.807, 2.05) is 13.0 Å². The molecule has 0 spiro atoms. The lowest BCUT2D eigenvalue weighted by Crippen LogP contribution is -2.50. The lowest BCUT2D eigenvalue weighted by atomic mass is 10.1. The molecule has 0 aliphatic carbocycles. The summed E-state index contributed by atoms with van der Waals surface area (Å²) in [6.45, 7) is 6.43. The minimum Gasteiger partial charge on any atom is -0.494 e. The van der Waals surface area contributed by atoms with Crippen LogP contribution < -0.4 is 4.74 Å². The van der Waals surface area contributed by atoms with Gasteiger partial charge in [-0.3, -0.25) is 19.5 Å². The second kappa shape index (κ2) is 9.69. The number of nitrogens with one attached hydrogen (secondary N) is 2. The Balaban J connectivity index is 1.40. The summed E-state index contributed by atoms with van der Waals surface area (Å²) < 4.78 is 5.45. The number of benzene rings is 1. The number of hydrogen-bond acceptors (Lipinski definition) is 7. The molecule has 3 aromatic heterocycles. The van der Waals surface area contributed by atoms with Crippen molar-refractivity contribution in [3.05, 3.63) is 72.0 Å². The Morgan fingerprint density at radius 1 is 1.16 bits per heavy atom. The van der Waals surface area contributed by atoms with E-state index in [1.54, 1.807) is 24.3 Å². The predicted molar refractivity (Wildman–Crippen MR) is 135 cm³/mol. The highest BCUT2D eigenvalue weighted by Gasteiger charge is 2.33. The molecule has 1 aliphatic rings. The lowest BCUT2D eigenvalue weighted by molar-refractivity contribution is -0.127. The van der Waals surface area contributed by atoms with Gasteiger partial charge in [-0.05, 0) is 12.1 Å². The van der Waals surface area contributed by atoms with Gasteiger partial charge in [-0.25, -0.2) is 9.97 Å². The smallest absolute Gasteiger partial charge is 0.295 e. The summed E-state index contributed by atoms with van der Waals surface area (Å²) in [6, 6.07) is 8.86. The summed E-state index contributed by atoms with van der Waals surface area (Å²) >= 11 is 0. The number of ketones is 1. The molecule has 11 heteroatoms. The number of methoxy groups -OCH3 is 1. The molecule has 1 fully saturated rings. The number of hydrogen-bond donors (Lipinski definition) is 2. The number of nitrogens with zero attached hydrogens (tertiary/aromatic N) is 5. The first-order valence-corrected chi connectivity index (χ1v) is 11.8. The van der Waals surface area contributed by atoms with Gasteiger partial charge in [0.15, 0.2) is 0 Å². The highest BCUT2D eigenvalue weighted by Crippen LogP contribution is 2.34. The number of aryl methyl sites for hydroxylation is 1. The van der Waals surface area contributed by atoms with E-state index in [0.717, 1.165) is 0 Å². The quantitative estimate of drug-likeness (QED) is 0.307. The van der Waals surface area contributed by atoms with Gasteiger partial charge in [-0.2, -0.15) is 5.10 Å². The van der Waals surface area contributed by atoms with Crippen molar-refractivity contribution >= 4 is 28.5 Å². The van der Waals surface area contributed by atoms with Crippen LogP contribution in [0.25, 0.3) is 22.4 Å². The number of carbonyl (C=O) groups is 3. The molecule has 0 atom stereocenters. The summed E-state index contributed by atoms with van der Waals surface area (Å²) in [5, 5.41) is 7.49. The SMILES string of the molecule is C=C1CN(C(=O)C(=O)c2c[nH]c3c(-c4n[nH]c(CC)n4)ncc(OC)c23)CCN1C(=O)c1ccccc1. The van der Waals surface area contributed by atoms with E-state index in [4.69, 9.17) is 4.74 Å². The van der Waals surface area contributed by atoms with E-state index in [9.17, 15) is 14.4 Å². The zero-order chi connectivity index (χ0) is 26.1. The van der Waals surface area contributed by atoms with Crippen molar-refractivity contribution in [3.8, 4) is 17.3 Å². The normalized spacial score (nSPS) is 13.7. The van der Waals surface area contributed by atoms with Gasteiger partial charge < -0.3 is 19.5 Å². The van der Waals surface area contributed by atoms with Crippen LogP contribution in [0.4, 0.5) is 0 Å². The van der Waals surface area contributed by atoms with Gasteiger partial charge >= 0.3 is 0 Å². The van der Waals surface area contributed by atoms with E-state index in [0.29, 0.717) is 51.7 Å². The van der Waals surface area contributed by atoms with Crippen molar-refractivity contribution in [1.29, 1.82) is 0 Å². The average Bonchev–Trinajstić information content (AvgIpc) is 3.60. The highest BCUT2D eigenvalue weighted by atomic mass is 16.5. The number of rotatable bonds is 6. The van der Waals surface area contributed by atoms with Crippen LogP contribution in [-0.4, -0.2) is 79.3 Å². The maximum atomic E-state index is 13.4. The van der Waals surface area contributed by atoms with E-state index in [1.165, 1.54) is 29.3 Å². The molecule has 1 saturated heterocycles. The number of piperazine rings is 1. The molecule has 11 nitrogen and oxygen atoms in total. The van der Waals surface area contributed by atoms with Crippen molar-refractivity contribution in [2.24, 2.45) is 0 Å². The second-order valence-corrected chi connectivity index (χ2v) is 8.53. The fraction of sp³-hybridized carbons (Fsp3) is 0.231. The van der Waals surface area contributed by atoms with Crippen LogP contribution in [0.1, 0.15) is 33.5 Å². The number of fused-ring (bicyclic) bond motifs is 1. The highest BCUT2D eigenvalue weighted by molar-refractivity contribution is 6.45. The number of Topliss-reactive ketones (excluding diaryl/α,β-unsaturated/α-hetero) is 1. The van der Waals surface area contributed by atoms with E-state index in [-0.39, 0.29) is 31.1 Å². The number of carbonyl (C=O) groups excluding carboxylic acids is 3. The largest absolute Gasteiger partial charge is 0.494 e. The lowest BCUT2D eigenvalue weighted by Gasteiger charge is -2.36. The van der Waals surface area contributed by atoms with Crippen LogP contribution in [-0.2, 0) is 11.2 Å². The van der Waals surface area contributed by atoms with Gasteiger partial charge in [-0.15, -0.1) is 0 Å². The van der Waals surface area contributed by atoms with Gasteiger partial charge in [0.1, 0.15) is 17.3 Å². The maximum absolute atomic E-state index is 13.4. The fourth-order valence-electron chi connectivity index (χ4n) is 4.36. The third-order valence-corrected chi connectivity index (χ3v) is 6.31. The van der Waals surface area contributed by atoms with E-state index < -0.39 is 11.7 Å². The number of aromatic amines is 2. The molecule has 4 aromatic rings. The van der Waals surface area contributed by atoms with Crippen molar-refractivity contribution in [3.63, 3.8) is 0 Å². The van der Waals surface area contributed by atoms with E-state index >= 15 is 0 Å². The standard InChI is InChI=1S/C26H25N7O4/c1-4-19-29-24(31-30-19)22-21-20(18(37-3)13-28-22)17(12-27-21)23(34)26(36)32-10-11-33(15(2)14-32)25(35)16-8-6-5-7-9-16/h5-9,12-13,27H,2,4,10-11,14H2,1,3H3,(H,29,30,31). The third kappa shape index (κ3) is 4.24. The zero-order valence-corrected chi connectivity index (χ0v) is 20.4. The molecular formula is C26H25N7O4. The Morgan fingerprint density at radius 2 is 1.95 bits per heavy atom. The predicted octanol–water partition coefficient (Wildman–Crippen LogP) is 2.60. The van der Waals surface area contributed by atoms with Crippen LogP contribution in [0.15, 0.2) is 55.0 Å². The van der Waals surface area contributed by atoms with Crippen molar-refractivity contribution in [2.75, 3.05) is 26.7 Å². The van der Waals surface area contributed by atoms with Gasteiger partial charge in [0.05, 0.1) is 36.3 Å². The Bertz CT molecular complexity index is 1520. The Labute approximate surface area is 212 Å². The van der Waals surface area contributed by atoms with Gasteiger partial charge in [0.25, 0.3) is 17.6 Å². The van der Waals surface area contributed by atoms with Crippen LogP contribution in [0.2, 0.25) is 0 Å². The molecule has 1 aromatic carbocycles. The molecule has 0 unspecified atom stereocenters. The molecule has 2 amide bonds. The van der Waals surface area contributed by atoms with Crippen LogP contribution in [0, 0.1) is 0 Å². The third-order valence-electron chi connectivity index (χ3n) is 6.31. The van der Waals surface area contributed by atoms with E-state index in [2.05, 4.69) is 31.7 Å². The first-order valence-electron chi connectivity index (χ1n) is 11.8. The minimum absolute atomic E-state index is 0.0619. The molecule has 4 heterocycles. The van der Waals surface area contributed by atoms with Gasteiger partial charge in [-0.1, -0.05) is 31.7 Å². The molecule has 0 saturated carbocycles.